The van der Waals surface area contributed by atoms with Gasteiger partial charge in [-0.1, -0.05) is 33.6 Å². The molecule has 1 aliphatic carbocycles. The lowest BCUT2D eigenvalue weighted by Crippen LogP contribution is -2.48. The summed E-state index contributed by atoms with van der Waals surface area (Å²) >= 11 is 0. The van der Waals surface area contributed by atoms with Gasteiger partial charge < -0.3 is 14.0 Å². The average molecular weight is 443 g/mol. The SMILES string of the molecule is CC(C)(C)C1CCC(C(CCOC(=O)/C=C/C(=O)O)[Si](C)(C)O[Si](C)(C)C)CC1. The lowest BCUT2D eigenvalue weighted by molar-refractivity contribution is -0.139. The van der Waals surface area contributed by atoms with E-state index in [0.717, 1.165) is 24.5 Å². The lowest BCUT2D eigenvalue weighted by atomic mass is 9.69. The maximum absolute atomic E-state index is 11.8. The van der Waals surface area contributed by atoms with E-state index in [1.165, 1.54) is 25.7 Å². The van der Waals surface area contributed by atoms with Crippen LogP contribution in [0.3, 0.4) is 0 Å². The highest BCUT2D eigenvalue weighted by Crippen LogP contribution is 2.47. The van der Waals surface area contributed by atoms with E-state index in [0.29, 0.717) is 23.5 Å². The van der Waals surface area contributed by atoms with Crippen molar-refractivity contribution in [3.63, 3.8) is 0 Å². The summed E-state index contributed by atoms with van der Waals surface area (Å²) in [7, 11) is -3.64. The minimum atomic E-state index is -1.97. The smallest absolute Gasteiger partial charge is 0.331 e. The highest BCUT2D eigenvalue weighted by atomic mass is 28.4. The number of hydrogen-bond acceptors (Lipinski definition) is 4. The lowest BCUT2D eigenvalue weighted by Gasteiger charge is -2.45. The molecule has 1 fully saturated rings. The number of hydrogen-bond donors (Lipinski definition) is 1. The van der Waals surface area contributed by atoms with Crippen LogP contribution in [0.25, 0.3) is 0 Å². The fourth-order valence-electron chi connectivity index (χ4n) is 4.88. The van der Waals surface area contributed by atoms with Crippen molar-refractivity contribution < 1.29 is 23.5 Å². The van der Waals surface area contributed by atoms with Crippen LogP contribution in [0.15, 0.2) is 12.2 Å². The van der Waals surface area contributed by atoms with Crippen molar-refractivity contribution in [1.82, 2.24) is 0 Å². The molecule has 168 valence electrons. The van der Waals surface area contributed by atoms with E-state index < -0.39 is 28.6 Å². The van der Waals surface area contributed by atoms with Gasteiger partial charge in [0.25, 0.3) is 0 Å². The van der Waals surface area contributed by atoms with Crippen molar-refractivity contribution >= 4 is 28.6 Å². The Morgan fingerprint density at radius 1 is 1.03 bits per heavy atom. The van der Waals surface area contributed by atoms with E-state index >= 15 is 0 Å². The van der Waals surface area contributed by atoms with Gasteiger partial charge in [-0.2, -0.15) is 0 Å². The summed E-state index contributed by atoms with van der Waals surface area (Å²) in [5.74, 6) is -0.360. The molecule has 0 aromatic rings. The molecular formula is C22H42O5Si2. The predicted molar refractivity (Wildman–Crippen MR) is 123 cm³/mol. The molecule has 29 heavy (non-hydrogen) atoms. The van der Waals surface area contributed by atoms with E-state index in [1.807, 2.05) is 0 Å². The number of ether oxygens (including phenoxy) is 1. The van der Waals surface area contributed by atoms with Gasteiger partial charge >= 0.3 is 11.9 Å². The van der Waals surface area contributed by atoms with Gasteiger partial charge in [0, 0.05) is 12.2 Å². The topological polar surface area (TPSA) is 72.8 Å². The van der Waals surface area contributed by atoms with Crippen molar-refractivity contribution in [3.8, 4) is 0 Å². The van der Waals surface area contributed by atoms with Crippen molar-refractivity contribution in [2.45, 2.75) is 91.2 Å². The Kier molecular flexibility index (Phi) is 9.36. The highest BCUT2D eigenvalue weighted by molar-refractivity contribution is 6.85. The summed E-state index contributed by atoms with van der Waals surface area (Å²) < 4.78 is 12.0. The van der Waals surface area contributed by atoms with E-state index in [9.17, 15) is 9.59 Å². The molecule has 5 nitrogen and oxygen atoms in total. The molecule has 0 heterocycles. The third-order valence-corrected chi connectivity index (χ3v) is 13.2. The van der Waals surface area contributed by atoms with Gasteiger partial charge in [0.1, 0.15) is 0 Å². The molecule has 1 atom stereocenters. The first-order valence-electron chi connectivity index (χ1n) is 10.9. The summed E-state index contributed by atoms with van der Waals surface area (Å²) in [5, 5.41) is 8.64. The van der Waals surface area contributed by atoms with Crippen LogP contribution in [0, 0.1) is 17.3 Å². The Morgan fingerprint density at radius 3 is 2.03 bits per heavy atom. The standard InChI is InChI=1S/C22H42O5Si2/c1-22(2,3)18-11-9-17(10-12-18)19(29(7,8)27-28(4,5)6)15-16-26-21(25)14-13-20(23)24/h13-14,17-19H,9-12,15-16H2,1-8H3,(H,23,24)/b14-13+. The molecule has 1 unspecified atom stereocenters. The molecule has 0 spiro atoms. The summed E-state index contributed by atoms with van der Waals surface area (Å²) in [6, 6.07) is 0. The molecule has 1 saturated carbocycles. The Morgan fingerprint density at radius 2 is 1.59 bits per heavy atom. The van der Waals surface area contributed by atoms with Crippen LogP contribution in [-0.2, 0) is 18.4 Å². The molecule has 0 radical (unpaired) electrons. The van der Waals surface area contributed by atoms with Crippen LogP contribution in [0.5, 0.6) is 0 Å². The van der Waals surface area contributed by atoms with E-state index in [-0.39, 0.29) is 0 Å². The fourth-order valence-corrected chi connectivity index (χ4v) is 14.1. The second-order valence-electron chi connectivity index (χ2n) is 11.0. The van der Waals surface area contributed by atoms with Crippen LogP contribution in [0.1, 0.15) is 52.9 Å². The maximum atomic E-state index is 11.8. The fraction of sp³-hybridized carbons (Fsp3) is 0.818. The zero-order chi connectivity index (χ0) is 22.5. The second kappa shape index (κ2) is 10.4. The first-order chi connectivity index (χ1) is 13.1. The molecule has 1 rings (SSSR count). The quantitative estimate of drug-likeness (QED) is 0.276. The van der Waals surface area contributed by atoms with Crippen molar-refractivity contribution in [2.75, 3.05) is 6.61 Å². The largest absolute Gasteiger partial charge is 0.478 e. The molecular weight excluding hydrogens is 400 g/mol. The predicted octanol–water partition coefficient (Wildman–Crippen LogP) is 5.84. The molecule has 1 N–H and O–H groups in total. The minimum Gasteiger partial charge on any atom is -0.478 e. The molecule has 0 aromatic carbocycles. The third-order valence-electron chi connectivity index (χ3n) is 6.06. The molecule has 0 amide bonds. The summed E-state index contributed by atoms with van der Waals surface area (Å²) in [6.45, 7) is 18.7. The van der Waals surface area contributed by atoms with Crippen LogP contribution in [-0.4, -0.2) is 40.3 Å². The Hall–Kier alpha value is -0.926. The molecule has 0 saturated heterocycles. The van der Waals surface area contributed by atoms with Crippen molar-refractivity contribution in [1.29, 1.82) is 0 Å². The Bertz CT molecular complexity index is 579. The number of carboxylic acid groups (broad SMARTS) is 1. The van der Waals surface area contributed by atoms with E-state index in [2.05, 4.69) is 53.5 Å². The summed E-state index contributed by atoms with van der Waals surface area (Å²) in [6.07, 6.45) is 7.52. The number of carboxylic acids is 1. The van der Waals surface area contributed by atoms with Gasteiger partial charge in [-0.3, -0.25) is 0 Å². The highest BCUT2D eigenvalue weighted by Gasteiger charge is 2.43. The Balaban J connectivity index is 2.82. The van der Waals surface area contributed by atoms with Gasteiger partial charge in [-0.05, 0) is 74.8 Å². The zero-order valence-electron chi connectivity index (χ0n) is 19.7. The van der Waals surface area contributed by atoms with Gasteiger partial charge in [-0.15, -0.1) is 0 Å². The Labute approximate surface area is 179 Å². The number of rotatable bonds is 9. The van der Waals surface area contributed by atoms with E-state index in [4.69, 9.17) is 14.0 Å². The maximum Gasteiger partial charge on any atom is 0.331 e. The average Bonchev–Trinajstić information content (AvgIpc) is 2.53. The molecule has 1 aliphatic rings. The van der Waals surface area contributed by atoms with Crippen LogP contribution >= 0.6 is 0 Å². The summed E-state index contributed by atoms with van der Waals surface area (Å²) in [5.41, 5.74) is 0.792. The zero-order valence-corrected chi connectivity index (χ0v) is 21.7. The van der Waals surface area contributed by atoms with Crippen LogP contribution in [0.2, 0.25) is 38.3 Å². The first kappa shape index (κ1) is 26.1. The summed E-state index contributed by atoms with van der Waals surface area (Å²) in [4.78, 5) is 22.3. The second-order valence-corrected chi connectivity index (χ2v) is 20.0. The van der Waals surface area contributed by atoms with Crippen LogP contribution in [0.4, 0.5) is 0 Å². The molecule has 0 aliphatic heterocycles. The molecule has 7 heteroatoms. The van der Waals surface area contributed by atoms with Gasteiger partial charge in [0.15, 0.2) is 16.6 Å². The van der Waals surface area contributed by atoms with Crippen molar-refractivity contribution in [3.05, 3.63) is 12.2 Å². The monoisotopic (exact) mass is 442 g/mol. The first-order valence-corrected chi connectivity index (χ1v) is 17.3. The molecule has 0 bridgehead atoms. The van der Waals surface area contributed by atoms with Crippen molar-refractivity contribution in [2.24, 2.45) is 17.3 Å². The van der Waals surface area contributed by atoms with Gasteiger partial charge in [0.05, 0.1) is 6.61 Å². The minimum absolute atomic E-state index is 0.318. The van der Waals surface area contributed by atoms with Gasteiger partial charge in [-0.25, -0.2) is 9.59 Å². The number of esters is 1. The third kappa shape index (κ3) is 9.62. The number of aliphatic carboxylic acids is 1. The molecule has 0 aromatic heterocycles. The van der Waals surface area contributed by atoms with Gasteiger partial charge in [0.2, 0.25) is 0 Å². The number of carbonyl (C=O) groups excluding carboxylic acids is 1. The number of carbonyl (C=O) groups is 2. The normalized spacial score (nSPS) is 22.5. The van der Waals surface area contributed by atoms with Crippen LogP contribution < -0.4 is 0 Å². The van der Waals surface area contributed by atoms with E-state index in [1.54, 1.807) is 0 Å².